The molecule has 1 aromatic carbocycles. The molecule has 22 heavy (non-hydrogen) atoms. The van der Waals surface area contributed by atoms with Crippen molar-refractivity contribution in [2.24, 2.45) is 11.7 Å². The van der Waals surface area contributed by atoms with Crippen LogP contribution in [0.4, 0.5) is 0 Å². The molecule has 126 valence electrons. The van der Waals surface area contributed by atoms with Crippen LogP contribution in [0, 0.1) is 5.92 Å². The zero-order valence-corrected chi connectivity index (χ0v) is 14.5. The smallest absolute Gasteiger partial charge is 0.178 e. The highest BCUT2D eigenvalue weighted by Crippen LogP contribution is 2.24. The third-order valence-corrected chi connectivity index (χ3v) is 5.77. The van der Waals surface area contributed by atoms with Gasteiger partial charge in [-0.05, 0) is 49.4 Å². The zero-order valence-electron chi connectivity index (χ0n) is 13.7. The summed E-state index contributed by atoms with van der Waals surface area (Å²) >= 11 is 0. The third-order valence-electron chi connectivity index (χ3n) is 3.89. The van der Waals surface area contributed by atoms with Gasteiger partial charge in [0, 0.05) is 0 Å². The van der Waals surface area contributed by atoms with Crippen molar-refractivity contribution in [1.82, 2.24) is 0 Å². The Kier molecular flexibility index (Phi) is 8.07. The molecule has 0 fully saturated rings. The maximum Gasteiger partial charge on any atom is 0.178 e. The second kappa shape index (κ2) is 9.28. The van der Waals surface area contributed by atoms with Gasteiger partial charge in [0.15, 0.2) is 9.84 Å². The van der Waals surface area contributed by atoms with Crippen LogP contribution in [0.15, 0.2) is 29.2 Å². The van der Waals surface area contributed by atoms with E-state index in [9.17, 15) is 13.5 Å². The number of nitrogens with two attached hydrogens (primary N) is 1. The molecule has 1 aromatic rings. The molecule has 0 bridgehead atoms. The molecule has 0 heterocycles. The molecule has 0 amide bonds. The second-order valence-corrected chi connectivity index (χ2v) is 7.92. The van der Waals surface area contributed by atoms with Crippen molar-refractivity contribution in [3.8, 4) is 0 Å². The first-order valence-corrected chi connectivity index (χ1v) is 9.80. The van der Waals surface area contributed by atoms with Crippen molar-refractivity contribution in [1.29, 1.82) is 0 Å². The first kappa shape index (κ1) is 19.1. The van der Waals surface area contributed by atoms with Gasteiger partial charge in [-0.2, -0.15) is 0 Å². The molecule has 0 spiro atoms. The fourth-order valence-corrected chi connectivity index (χ4v) is 4.52. The maximum absolute atomic E-state index is 12.6. The summed E-state index contributed by atoms with van der Waals surface area (Å²) in [4.78, 5) is 0.304. The lowest BCUT2D eigenvalue weighted by molar-refractivity contribution is 0.170. The van der Waals surface area contributed by atoms with E-state index in [0.717, 1.165) is 25.7 Å². The summed E-state index contributed by atoms with van der Waals surface area (Å²) in [5.41, 5.74) is 6.06. The van der Waals surface area contributed by atoms with Gasteiger partial charge in [-0.1, -0.05) is 38.8 Å². The zero-order chi connectivity index (χ0) is 16.6. The van der Waals surface area contributed by atoms with Crippen molar-refractivity contribution < 1.29 is 13.5 Å². The van der Waals surface area contributed by atoms with Crippen LogP contribution in [0.5, 0.6) is 0 Å². The lowest BCUT2D eigenvalue weighted by atomic mass is 10.0. The van der Waals surface area contributed by atoms with Crippen molar-refractivity contribution in [2.75, 3.05) is 12.3 Å². The molecule has 3 N–H and O–H groups in total. The summed E-state index contributed by atoms with van der Waals surface area (Å²) in [7, 11) is -3.32. The molecule has 0 aliphatic rings. The third kappa shape index (κ3) is 5.71. The van der Waals surface area contributed by atoms with Crippen molar-refractivity contribution >= 4 is 9.84 Å². The van der Waals surface area contributed by atoms with E-state index in [2.05, 4.69) is 13.8 Å². The first-order chi connectivity index (χ1) is 10.4. The number of aliphatic hydroxyl groups excluding tert-OH is 1. The Hall–Kier alpha value is -0.910. The van der Waals surface area contributed by atoms with Crippen LogP contribution in [0.25, 0.3) is 0 Å². The number of rotatable bonds is 10. The summed E-state index contributed by atoms with van der Waals surface area (Å²) in [5.74, 6) is 0.392. The maximum atomic E-state index is 12.6. The van der Waals surface area contributed by atoms with E-state index < -0.39 is 15.9 Å². The summed E-state index contributed by atoms with van der Waals surface area (Å²) in [6.07, 6.45) is 3.58. The molecular formula is C17H29NO3S. The Labute approximate surface area is 134 Å². The van der Waals surface area contributed by atoms with Crippen molar-refractivity contribution in [2.45, 2.75) is 57.0 Å². The molecule has 0 aliphatic carbocycles. The highest BCUT2D eigenvalue weighted by atomic mass is 32.2. The number of hydrogen-bond acceptors (Lipinski definition) is 4. The van der Waals surface area contributed by atoms with E-state index in [-0.39, 0.29) is 11.7 Å². The van der Waals surface area contributed by atoms with Crippen LogP contribution in [0.3, 0.4) is 0 Å². The first-order valence-electron chi connectivity index (χ1n) is 8.15. The van der Waals surface area contributed by atoms with Gasteiger partial charge in [-0.25, -0.2) is 8.42 Å². The van der Waals surface area contributed by atoms with E-state index >= 15 is 0 Å². The van der Waals surface area contributed by atoms with Crippen LogP contribution in [0.2, 0.25) is 0 Å². The topological polar surface area (TPSA) is 80.4 Å². The molecule has 0 aliphatic heterocycles. The summed E-state index contributed by atoms with van der Waals surface area (Å²) < 4.78 is 25.2. The normalized spacial score (nSPS) is 13.5. The average molecular weight is 327 g/mol. The van der Waals surface area contributed by atoms with Gasteiger partial charge < -0.3 is 10.8 Å². The Morgan fingerprint density at radius 2 is 1.77 bits per heavy atom. The molecule has 0 saturated carbocycles. The number of benzene rings is 1. The van der Waals surface area contributed by atoms with Gasteiger partial charge in [-0.3, -0.25) is 0 Å². The molecule has 1 rings (SSSR count). The van der Waals surface area contributed by atoms with Crippen molar-refractivity contribution in [3.05, 3.63) is 29.8 Å². The van der Waals surface area contributed by atoms with Crippen LogP contribution in [0.1, 0.15) is 57.6 Å². The van der Waals surface area contributed by atoms with E-state index in [1.54, 1.807) is 24.3 Å². The molecule has 0 radical (unpaired) electrons. The highest BCUT2D eigenvalue weighted by Gasteiger charge is 2.21. The lowest BCUT2D eigenvalue weighted by Gasteiger charge is -2.16. The molecule has 1 atom stereocenters. The summed E-state index contributed by atoms with van der Waals surface area (Å²) in [6.45, 7) is 4.53. The minimum absolute atomic E-state index is 0.186. The Morgan fingerprint density at radius 1 is 1.14 bits per heavy atom. The minimum atomic E-state index is -3.32. The predicted octanol–water partition coefficient (Wildman–Crippen LogP) is 3.06. The predicted molar refractivity (Wildman–Crippen MR) is 90.4 cm³/mol. The largest absolute Gasteiger partial charge is 0.388 e. The van der Waals surface area contributed by atoms with Crippen LogP contribution >= 0.6 is 0 Å². The Balaban J connectivity index is 2.94. The van der Waals surface area contributed by atoms with Crippen LogP contribution in [-0.4, -0.2) is 25.8 Å². The minimum Gasteiger partial charge on any atom is -0.388 e. The molecule has 0 aromatic heterocycles. The monoisotopic (exact) mass is 327 g/mol. The summed E-state index contributed by atoms with van der Waals surface area (Å²) in [5, 5.41) is 9.99. The number of sulfone groups is 1. The standard InChI is InChI=1S/C17H29NO3S/c1-3-6-14(7-4-2)13-22(20,21)16-9-5-8-15(12-16)17(19)10-11-18/h5,8-9,12,14,17,19H,3-4,6-7,10-11,13,18H2,1-2H3. The Morgan fingerprint density at radius 3 is 2.32 bits per heavy atom. The van der Waals surface area contributed by atoms with Crippen LogP contribution < -0.4 is 5.73 Å². The van der Waals surface area contributed by atoms with E-state index in [0.29, 0.717) is 23.4 Å². The number of hydrogen-bond donors (Lipinski definition) is 2. The van der Waals surface area contributed by atoms with Gasteiger partial charge in [0.2, 0.25) is 0 Å². The molecule has 4 nitrogen and oxygen atoms in total. The lowest BCUT2D eigenvalue weighted by Crippen LogP contribution is -2.17. The van der Waals surface area contributed by atoms with E-state index in [4.69, 9.17) is 5.73 Å². The fraction of sp³-hybridized carbons (Fsp3) is 0.647. The molecule has 5 heteroatoms. The van der Waals surface area contributed by atoms with Gasteiger partial charge >= 0.3 is 0 Å². The fourth-order valence-electron chi connectivity index (χ4n) is 2.77. The quantitative estimate of drug-likeness (QED) is 0.692. The highest BCUT2D eigenvalue weighted by molar-refractivity contribution is 7.91. The second-order valence-electron chi connectivity index (χ2n) is 5.89. The van der Waals surface area contributed by atoms with Gasteiger partial charge in [0.05, 0.1) is 16.8 Å². The van der Waals surface area contributed by atoms with Crippen molar-refractivity contribution in [3.63, 3.8) is 0 Å². The molecular weight excluding hydrogens is 298 g/mol. The molecule has 0 saturated heterocycles. The Bertz CT molecular complexity index is 537. The van der Waals surface area contributed by atoms with Gasteiger partial charge in [-0.15, -0.1) is 0 Å². The SMILES string of the molecule is CCCC(CCC)CS(=O)(=O)c1cccc(C(O)CCN)c1. The average Bonchev–Trinajstić information content (AvgIpc) is 2.48. The van der Waals surface area contributed by atoms with Gasteiger partial charge in [0.25, 0.3) is 0 Å². The van der Waals surface area contributed by atoms with Gasteiger partial charge in [0.1, 0.15) is 0 Å². The van der Waals surface area contributed by atoms with E-state index in [1.165, 1.54) is 0 Å². The number of aliphatic hydroxyl groups is 1. The molecule has 1 unspecified atom stereocenters. The summed E-state index contributed by atoms with van der Waals surface area (Å²) in [6, 6.07) is 6.64. The van der Waals surface area contributed by atoms with Crippen LogP contribution in [-0.2, 0) is 9.84 Å². The van der Waals surface area contributed by atoms with E-state index in [1.807, 2.05) is 0 Å².